The summed E-state index contributed by atoms with van der Waals surface area (Å²) >= 11 is 0. The Morgan fingerprint density at radius 2 is 2.08 bits per heavy atom. The number of piperidine rings is 1. The van der Waals surface area contributed by atoms with Crippen molar-refractivity contribution in [2.24, 2.45) is 5.92 Å². The summed E-state index contributed by atoms with van der Waals surface area (Å²) in [5.41, 5.74) is 3.59. The number of hydrogen-bond donors (Lipinski definition) is 2. The molecular formula is C18H24N6O. The summed E-state index contributed by atoms with van der Waals surface area (Å²) in [4.78, 5) is 23.2. The molecule has 0 atom stereocenters. The highest BCUT2D eigenvalue weighted by Gasteiger charge is 2.26. The maximum atomic E-state index is 12.5. The molecule has 1 aliphatic heterocycles. The topological polar surface area (TPSA) is 86.8 Å². The molecule has 2 aromatic heterocycles. The van der Waals surface area contributed by atoms with Gasteiger partial charge in [-0.05, 0) is 44.1 Å². The zero-order valence-electron chi connectivity index (χ0n) is 14.4. The van der Waals surface area contributed by atoms with Crippen molar-refractivity contribution >= 4 is 11.7 Å². The van der Waals surface area contributed by atoms with Crippen molar-refractivity contribution in [1.82, 2.24) is 25.5 Å². The first-order chi connectivity index (χ1) is 12.3. The van der Waals surface area contributed by atoms with E-state index in [9.17, 15) is 4.79 Å². The van der Waals surface area contributed by atoms with Crippen molar-refractivity contribution in [2.75, 3.05) is 18.0 Å². The highest BCUT2D eigenvalue weighted by Crippen LogP contribution is 2.23. The van der Waals surface area contributed by atoms with Crippen LogP contribution in [0.3, 0.4) is 0 Å². The monoisotopic (exact) mass is 340 g/mol. The third kappa shape index (κ3) is 3.50. The molecule has 0 radical (unpaired) electrons. The van der Waals surface area contributed by atoms with Crippen molar-refractivity contribution in [3.63, 3.8) is 0 Å². The van der Waals surface area contributed by atoms with Gasteiger partial charge in [0.25, 0.3) is 0 Å². The van der Waals surface area contributed by atoms with Gasteiger partial charge in [0.15, 0.2) is 0 Å². The fourth-order valence-electron chi connectivity index (χ4n) is 3.84. The first kappa shape index (κ1) is 16.1. The molecule has 0 spiro atoms. The lowest BCUT2D eigenvalue weighted by Crippen LogP contribution is -2.40. The zero-order chi connectivity index (χ0) is 17.1. The number of carbonyl (C=O) groups is 1. The molecular weight excluding hydrogens is 316 g/mol. The van der Waals surface area contributed by atoms with Gasteiger partial charge < -0.3 is 10.2 Å². The molecule has 2 aromatic rings. The number of fused-ring (bicyclic) bond motifs is 1. The smallest absolute Gasteiger partial charge is 0.223 e. The van der Waals surface area contributed by atoms with E-state index in [1.165, 1.54) is 24.1 Å². The molecule has 132 valence electrons. The van der Waals surface area contributed by atoms with E-state index in [4.69, 9.17) is 0 Å². The number of carbonyl (C=O) groups excluding carboxylic acids is 1. The van der Waals surface area contributed by atoms with Gasteiger partial charge in [-0.15, -0.1) is 0 Å². The number of nitrogens with one attached hydrogen (secondary N) is 2. The number of anilines is 1. The molecule has 4 rings (SSSR count). The number of rotatable bonds is 4. The quantitative estimate of drug-likeness (QED) is 0.883. The fraction of sp³-hybridized carbons (Fsp3) is 0.556. The van der Waals surface area contributed by atoms with Crippen molar-refractivity contribution in [3.05, 3.63) is 35.5 Å². The van der Waals surface area contributed by atoms with Gasteiger partial charge in [0.1, 0.15) is 5.82 Å². The standard InChI is InChI=1S/C18H24N6O/c25-18(21-11-16-14-3-1-2-4-15(14)22-23-16)13-5-9-24(10-6-13)17-12-19-7-8-20-17/h7-8,12-13H,1-6,9-11H2,(H,21,25)(H,22,23). The average molecular weight is 340 g/mol. The van der Waals surface area contributed by atoms with Gasteiger partial charge in [0.2, 0.25) is 5.91 Å². The second-order valence-corrected chi connectivity index (χ2v) is 6.88. The van der Waals surface area contributed by atoms with Crippen LogP contribution in [0.1, 0.15) is 42.6 Å². The Bertz CT molecular complexity index is 720. The van der Waals surface area contributed by atoms with Crippen LogP contribution in [0.25, 0.3) is 0 Å². The highest BCUT2D eigenvalue weighted by atomic mass is 16.1. The highest BCUT2D eigenvalue weighted by molar-refractivity contribution is 5.79. The van der Waals surface area contributed by atoms with Gasteiger partial charge >= 0.3 is 0 Å². The Labute approximate surface area is 147 Å². The maximum absolute atomic E-state index is 12.5. The van der Waals surface area contributed by atoms with Crippen LogP contribution in [-0.2, 0) is 24.2 Å². The van der Waals surface area contributed by atoms with E-state index in [1.807, 2.05) is 0 Å². The molecule has 0 aromatic carbocycles. The Morgan fingerprint density at radius 1 is 1.24 bits per heavy atom. The van der Waals surface area contributed by atoms with Crippen LogP contribution < -0.4 is 10.2 Å². The van der Waals surface area contributed by atoms with Crippen LogP contribution in [0.2, 0.25) is 0 Å². The first-order valence-corrected chi connectivity index (χ1v) is 9.15. The third-order valence-electron chi connectivity index (χ3n) is 5.31. The number of hydrogen-bond acceptors (Lipinski definition) is 5. The van der Waals surface area contributed by atoms with Gasteiger partial charge in [-0.25, -0.2) is 4.98 Å². The minimum atomic E-state index is 0.0719. The second kappa shape index (κ2) is 7.21. The summed E-state index contributed by atoms with van der Waals surface area (Å²) in [5.74, 6) is 1.11. The summed E-state index contributed by atoms with van der Waals surface area (Å²) < 4.78 is 0. The molecule has 2 N–H and O–H groups in total. The van der Waals surface area contributed by atoms with E-state index in [-0.39, 0.29) is 11.8 Å². The van der Waals surface area contributed by atoms with E-state index < -0.39 is 0 Å². The van der Waals surface area contributed by atoms with E-state index in [0.717, 1.165) is 50.3 Å². The lowest BCUT2D eigenvalue weighted by molar-refractivity contribution is -0.125. The number of aromatic nitrogens is 4. The number of aryl methyl sites for hydroxylation is 1. The van der Waals surface area contributed by atoms with Crippen LogP contribution in [0, 0.1) is 5.92 Å². The number of amides is 1. The van der Waals surface area contributed by atoms with Crippen molar-refractivity contribution in [3.8, 4) is 0 Å². The fourth-order valence-corrected chi connectivity index (χ4v) is 3.84. The van der Waals surface area contributed by atoms with Gasteiger partial charge in [0.05, 0.1) is 18.4 Å². The average Bonchev–Trinajstić information content (AvgIpc) is 3.10. The largest absolute Gasteiger partial charge is 0.355 e. The molecule has 0 bridgehead atoms. The molecule has 1 aliphatic carbocycles. The van der Waals surface area contributed by atoms with Gasteiger partial charge in [-0.1, -0.05) is 0 Å². The lowest BCUT2D eigenvalue weighted by Gasteiger charge is -2.31. The predicted octanol–water partition coefficient (Wildman–Crippen LogP) is 1.61. The molecule has 2 aliphatic rings. The van der Waals surface area contributed by atoms with Gasteiger partial charge in [-0.2, -0.15) is 5.10 Å². The molecule has 3 heterocycles. The van der Waals surface area contributed by atoms with E-state index in [0.29, 0.717) is 6.54 Å². The second-order valence-electron chi connectivity index (χ2n) is 6.88. The van der Waals surface area contributed by atoms with Crippen LogP contribution in [0.5, 0.6) is 0 Å². The van der Waals surface area contributed by atoms with Gasteiger partial charge in [-0.3, -0.25) is 14.9 Å². The Hall–Kier alpha value is -2.44. The first-order valence-electron chi connectivity index (χ1n) is 9.15. The van der Waals surface area contributed by atoms with Crippen molar-refractivity contribution < 1.29 is 4.79 Å². The SMILES string of the molecule is O=C(NCc1n[nH]c2c1CCCC2)C1CCN(c2cnccn2)CC1. The molecule has 1 amide bonds. The zero-order valence-corrected chi connectivity index (χ0v) is 14.4. The summed E-state index contributed by atoms with van der Waals surface area (Å²) in [6.07, 6.45) is 11.5. The summed E-state index contributed by atoms with van der Waals surface area (Å²) in [5, 5.41) is 10.6. The maximum Gasteiger partial charge on any atom is 0.223 e. The van der Waals surface area contributed by atoms with Crippen molar-refractivity contribution in [1.29, 1.82) is 0 Å². The number of aromatic amines is 1. The molecule has 7 nitrogen and oxygen atoms in total. The van der Waals surface area contributed by atoms with E-state index in [2.05, 4.69) is 30.4 Å². The van der Waals surface area contributed by atoms with Crippen LogP contribution >= 0.6 is 0 Å². The summed E-state index contributed by atoms with van der Waals surface area (Å²) in [6.45, 7) is 2.22. The minimum absolute atomic E-state index is 0.0719. The number of nitrogens with zero attached hydrogens (tertiary/aromatic N) is 4. The molecule has 25 heavy (non-hydrogen) atoms. The molecule has 7 heteroatoms. The van der Waals surface area contributed by atoms with Gasteiger partial charge in [0, 0.05) is 37.1 Å². The molecule has 1 saturated heterocycles. The Kier molecular flexibility index (Phi) is 4.63. The summed E-state index contributed by atoms with van der Waals surface area (Å²) in [6, 6.07) is 0. The Morgan fingerprint density at radius 3 is 2.88 bits per heavy atom. The van der Waals surface area contributed by atoms with Crippen molar-refractivity contribution in [2.45, 2.75) is 45.1 Å². The molecule has 0 saturated carbocycles. The molecule has 0 unspecified atom stereocenters. The van der Waals surface area contributed by atoms with Crippen LogP contribution in [0.15, 0.2) is 18.6 Å². The number of H-pyrrole nitrogens is 1. The minimum Gasteiger partial charge on any atom is -0.355 e. The predicted molar refractivity (Wildman–Crippen MR) is 94.0 cm³/mol. The van der Waals surface area contributed by atoms with E-state index in [1.54, 1.807) is 18.6 Å². The van der Waals surface area contributed by atoms with Crippen LogP contribution in [0.4, 0.5) is 5.82 Å². The van der Waals surface area contributed by atoms with Crippen LogP contribution in [-0.4, -0.2) is 39.2 Å². The Balaban J connectivity index is 1.29. The summed E-state index contributed by atoms with van der Waals surface area (Å²) in [7, 11) is 0. The van der Waals surface area contributed by atoms with E-state index >= 15 is 0 Å². The third-order valence-corrected chi connectivity index (χ3v) is 5.31. The normalized spacial score (nSPS) is 18.0. The molecule has 1 fully saturated rings. The lowest BCUT2D eigenvalue weighted by atomic mass is 9.95.